The highest BCUT2D eigenvalue weighted by molar-refractivity contribution is 6.35. The molecule has 0 aliphatic heterocycles. The van der Waals surface area contributed by atoms with Crippen molar-refractivity contribution in [2.24, 2.45) is 0 Å². The van der Waals surface area contributed by atoms with E-state index in [0.29, 0.717) is 28.0 Å². The Labute approximate surface area is 172 Å². The number of fused-ring (bicyclic) bond motifs is 2. The molecule has 4 aromatic rings. The third-order valence-corrected chi connectivity index (χ3v) is 4.36. The minimum Gasteiger partial charge on any atom is -0.348 e. The lowest BCUT2D eigenvalue weighted by atomic mass is 10.2. The summed E-state index contributed by atoms with van der Waals surface area (Å²) in [6.07, 6.45) is -2.91. The maximum absolute atomic E-state index is 12.7. The van der Waals surface area contributed by atoms with Crippen LogP contribution in [-0.2, 0) is 6.18 Å². The number of carbonyl (C=O) groups is 1. The number of rotatable bonds is 3. The molecule has 0 bridgehead atoms. The molecule has 0 aliphatic carbocycles. The molecule has 0 fully saturated rings. The van der Waals surface area contributed by atoms with Gasteiger partial charge in [0.25, 0.3) is 5.91 Å². The van der Waals surface area contributed by atoms with Crippen LogP contribution in [0.1, 0.15) is 28.4 Å². The summed E-state index contributed by atoms with van der Waals surface area (Å²) in [4.78, 5) is 28.7. The van der Waals surface area contributed by atoms with E-state index in [4.69, 9.17) is 11.6 Å². The fraction of sp³-hybridized carbons (Fsp3) is 0.158. The van der Waals surface area contributed by atoms with Crippen molar-refractivity contribution >= 4 is 39.7 Å². The first-order valence-corrected chi connectivity index (χ1v) is 9.03. The Hall–Kier alpha value is -3.58. The van der Waals surface area contributed by atoms with Gasteiger partial charge in [0.15, 0.2) is 11.5 Å². The molecular formula is C19H12ClF3N6O. The highest BCUT2D eigenvalue weighted by Crippen LogP contribution is 2.28. The van der Waals surface area contributed by atoms with Crippen LogP contribution in [0.5, 0.6) is 0 Å². The van der Waals surface area contributed by atoms with Gasteiger partial charge in [-0.15, -0.1) is 0 Å². The van der Waals surface area contributed by atoms with Crippen molar-refractivity contribution in [1.82, 2.24) is 30.2 Å². The summed E-state index contributed by atoms with van der Waals surface area (Å²) in [5, 5.41) is 3.12. The summed E-state index contributed by atoms with van der Waals surface area (Å²) in [5.74, 6) is 4.26. The Morgan fingerprint density at radius 3 is 2.80 bits per heavy atom. The van der Waals surface area contributed by atoms with Crippen LogP contribution < -0.4 is 5.32 Å². The number of pyridine rings is 1. The van der Waals surface area contributed by atoms with Gasteiger partial charge < -0.3 is 15.3 Å². The summed E-state index contributed by atoms with van der Waals surface area (Å²) in [6.45, 7) is 0.258. The van der Waals surface area contributed by atoms with Crippen LogP contribution in [0.4, 0.5) is 13.2 Å². The molecule has 4 rings (SSSR count). The molecule has 0 saturated carbocycles. The lowest BCUT2D eigenvalue weighted by Crippen LogP contribution is -2.25. The van der Waals surface area contributed by atoms with Gasteiger partial charge in [0.05, 0.1) is 16.1 Å². The van der Waals surface area contributed by atoms with Gasteiger partial charge in [-0.25, -0.2) is 15.0 Å². The zero-order valence-corrected chi connectivity index (χ0v) is 15.8. The molecule has 0 atom stereocenters. The average Bonchev–Trinajstić information content (AvgIpc) is 3.32. The van der Waals surface area contributed by atoms with E-state index in [1.54, 1.807) is 18.2 Å². The van der Waals surface area contributed by atoms with Crippen LogP contribution in [0.3, 0.4) is 0 Å². The Morgan fingerprint density at radius 2 is 2.03 bits per heavy atom. The maximum atomic E-state index is 12.7. The molecule has 0 radical (unpaired) electrons. The number of H-pyrrole nitrogens is 2. The first-order chi connectivity index (χ1) is 14.3. The van der Waals surface area contributed by atoms with Crippen LogP contribution in [0.2, 0.25) is 5.02 Å². The van der Waals surface area contributed by atoms with Gasteiger partial charge in [0.2, 0.25) is 5.82 Å². The average molecular weight is 433 g/mol. The molecule has 1 amide bonds. The number of alkyl halides is 3. The van der Waals surface area contributed by atoms with E-state index >= 15 is 0 Å². The molecule has 0 unspecified atom stereocenters. The van der Waals surface area contributed by atoms with Crippen LogP contribution in [-0.4, -0.2) is 37.4 Å². The number of hydrogen-bond acceptors (Lipinski definition) is 4. The highest BCUT2D eigenvalue weighted by atomic mass is 35.5. The second-order valence-corrected chi connectivity index (χ2v) is 6.61. The number of halogens is 4. The van der Waals surface area contributed by atoms with E-state index in [0.717, 1.165) is 0 Å². The topological polar surface area (TPSA) is 99.3 Å². The Morgan fingerprint density at radius 1 is 1.20 bits per heavy atom. The molecule has 30 heavy (non-hydrogen) atoms. The number of carbonyl (C=O) groups excluding carboxylic acids is 1. The van der Waals surface area contributed by atoms with E-state index in [1.165, 1.54) is 12.3 Å². The number of aromatic amines is 2. The summed E-state index contributed by atoms with van der Waals surface area (Å²) in [5.41, 5.74) is 1.71. The number of amides is 1. The third kappa shape index (κ3) is 4.06. The fourth-order valence-electron chi connectivity index (χ4n) is 2.69. The van der Waals surface area contributed by atoms with Gasteiger partial charge in [-0.05, 0) is 18.2 Å². The van der Waals surface area contributed by atoms with Crippen molar-refractivity contribution in [3.8, 4) is 11.8 Å². The molecule has 0 spiro atoms. The molecule has 11 heteroatoms. The van der Waals surface area contributed by atoms with Crippen LogP contribution in [0.25, 0.3) is 22.2 Å². The van der Waals surface area contributed by atoms with Gasteiger partial charge in [-0.3, -0.25) is 4.79 Å². The van der Waals surface area contributed by atoms with Crippen molar-refractivity contribution in [1.29, 1.82) is 0 Å². The predicted molar refractivity (Wildman–Crippen MR) is 104 cm³/mol. The number of aromatic nitrogens is 5. The summed E-state index contributed by atoms with van der Waals surface area (Å²) in [7, 11) is 0. The molecule has 1 aromatic carbocycles. The number of para-hydroxylation sites is 1. The molecule has 3 heterocycles. The minimum atomic E-state index is -4.57. The zero-order chi connectivity index (χ0) is 21.3. The molecule has 7 nitrogen and oxygen atoms in total. The molecule has 0 aliphatic rings. The van der Waals surface area contributed by atoms with Crippen LogP contribution in [0.15, 0.2) is 30.5 Å². The number of hydrogen-bond donors (Lipinski definition) is 3. The van der Waals surface area contributed by atoms with Crippen LogP contribution >= 0.6 is 11.6 Å². The smallest absolute Gasteiger partial charge is 0.348 e. The first-order valence-electron chi connectivity index (χ1n) is 8.65. The largest absolute Gasteiger partial charge is 0.449 e. The van der Waals surface area contributed by atoms with Crippen molar-refractivity contribution in [2.75, 3.05) is 6.54 Å². The molecule has 0 saturated heterocycles. The molecular weight excluding hydrogens is 421 g/mol. The number of nitrogens with one attached hydrogen (secondary N) is 3. The predicted octanol–water partition coefficient (Wildman–Crippen LogP) is 3.68. The third-order valence-electron chi connectivity index (χ3n) is 4.05. The maximum Gasteiger partial charge on any atom is 0.449 e. The van der Waals surface area contributed by atoms with Crippen LogP contribution in [0, 0.1) is 11.8 Å². The normalized spacial score (nSPS) is 11.5. The standard InChI is InChI=1S/C19H12ClF3N6O/c20-11-5-3-6-12-14(11)28-16(26-12)17(30)24-7-2-1-4-10-8-13-15(25-9-10)29-18(27-13)19(21,22)23/h3,5-6,8-9H,2,7H2,(H,24,30)(H,26,28)(H,25,27,29). The molecule has 3 N–H and O–H groups in total. The van der Waals surface area contributed by atoms with Gasteiger partial charge in [0, 0.05) is 24.7 Å². The second kappa shape index (κ2) is 7.68. The second-order valence-electron chi connectivity index (χ2n) is 6.21. The summed E-state index contributed by atoms with van der Waals surface area (Å²) in [6, 6.07) is 6.63. The van der Waals surface area contributed by atoms with Gasteiger partial charge in [0.1, 0.15) is 5.52 Å². The first kappa shape index (κ1) is 19.7. The Kier molecular flexibility index (Phi) is 5.05. The number of imidazole rings is 2. The van der Waals surface area contributed by atoms with Crippen molar-refractivity contribution in [2.45, 2.75) is 12.6 Å². The van der Waals surface area contributed by atoms with E-state index < -0.39 is 17.9 Å². The summed E-state index contributed by atoms with van der Waals surface area (Å²) < 4.78 is 38.1. The van der Waals surface area contributed by atoms with Crippen molar-refractivity contribution in [3.05, 3.63) is 52.7 Å². The van der Waals surface area contributed by atoms with Gasteiger partial charge in [-0.1, -0.05) is 29.5 Å². The van der Waals surface area contributed by atoms with Crippen molar-refractivity contribution < 1.29 is 18.0 Å². The zero-order valence-electron chi connectivity index (χ0n) is 15.1. The van der Waals surface area contributed by atoms with Gasteiger partial charge in [-0.2, -0.15) is 13.2 Å². The minimum absolute atomic E-state index is 0.0360. The Bertz CT molecular complexity index is 1310. The fourth-order valence-corrected chi connectivity index (χ4v) is 2.91. The highest BCUT2D eigenvalue weighted by Gasteiger charge is 2.34. The summed E-state index contributed by atoms with van der Waals surface area (Å²) >= 11 is 6.04. The molecule has 3 aromatic heterocycles. The van der Waals surface area contributed by atoms with Gasteiger partial charge >= 0.3 is 6.18 Å². The SMILES string of the molecule is O=C(NCCC#Cc1cnc2nc(C(F)(F)F)[nH]c2c1)c1nc2c(Cl)cccc2[nH]1. The van der Waals surface area contributed by atoms with E-state index in [1.807, 2.05) is 0 Å². The van der Waals surface area contributed by atoms with E-state index in [-0.39, 0.29) is 23.5 Å². The number of benzene rings is 1. The Balaban J connectivity index is 1.36. The monoisotopic (exact) mass is 432 g/mol. The lowest BCUT2D eigenvalue weighted by Gasteiger charge is -1.98. The quantitative estimate of drug-likeness (QED) is 0.339. The van der Waals surface area contributed by atoms with E-state index in [9.17, 15) is 18.0 Å². The lowest BCUT2D eigenvalue weighted by molar-refractivity contribution is -0.144. The number of nitrogens with zero attached hydrogens (tertiary/aromatic N) is 3. The van der Waals surface area contributed by atoms with E-state index in [2.05, 4.69) is 42.1 Å². The van der Waals surface area contributed by atoms with Crippen molar-refractivity contribution in [3.63, 3.8) is 0 Å². The molecule has 152 valence electrons.